The molecule has 6 heteroatoms. The SMILES string of the molecule is CC1CN(C(=O)N(C)CCO)CC1C(=O)O. The number of aliphatic carboxylic acids is 1. The van der Waals surface area contributed by atoms with Gasteiger partial charge in [-0.15, -0.1) is 0 Å². The Morgan fingerprint density at radius 1 is 1.44 bits per heavy atom. The number of carboxylic acids is 1. The minimum absolute atomic E-state index is 0.0241. The third-order valence-electron chi connectivity index (χ3n) is 2.96. The van der Waals surface area contributed by atoms with Crippen molar-refractivity contribution < 1.29 is 19.8 Å². The van der Waals surface area contributed by atoms with Crippen LogP contribution >= 0.6 is 0 Å². The zero-order chi connectivity index (χ0) is 12.3. The van der Waals surface area contributed by atoms with Gasteiger partial charge in [-0.1, -0.05) is 6.92 Å². The van der Waals surface area contributed by atoms with Crippen LogP contribution in [-0.4, -0.2) is 65.3 Å². The van der Waals surface area contributed by atoms with Gasteiger partial charge in [-0.3, -0.25) is 4.79 Å². The van der Waals surface area contributed by atoms with E-state index in [0.717, 1.165) is 0 Å². The summed E-state index contributed by atoms with van der Waals surface area (Å²) in [5.74, 6) is -1.36. The Morgan fingerprint density at radius 2 is 2.06 bits per heavy atom. The van der Waals surface area contributed by atoms with E-state index in [-0.39, 0.29) is 31.6 Å². The largest absolute Gasteiger partial charge is 0.481 e. The normalized spacial score (nSPS) is 24.6. The highest BCUT2D eigenvalue weighted by molar-refractivity contribution is 5.77. The zero-order valence-electron chi connectivity index (χ0n) is 9.59. The molecule has 0 radical (unpaired) electrons. The second kappa shape index (κ2) is 5.16. The van der Waals surface area contributed by atoms with Crippen molar-refractivity contribution in [3.63, 3.8) is 0 Å². The maximum atomic E-state index is 11.8. The first kappa shape index (κ1) is 12.8. The van der Waals surface area contributed by atoms with Crippen molar-refractivity contribution in [1.82, 2.24) is 9.80 Å². The Morgan fingerprint density at radius 3 is 2.50 bits per heavy atom. The van der Waals surface area contributed by atoms with Crippen molar-refractivity contribution in [2.24, 2.45) is 11.8 Å². The van der Waals surface area contributed by atoms with Gasteiger partial charge in [0.1, 0.15) is 0 Å². The van der Waals surface area contributed by atoms with Crippen LogP contribution in [0.25, 0.3) is 0 Å². The molecule has 0 aliphatic carbocycles. The van der Waals surface area contributed by atoms with E-state index in [4.69, 9.17) is 10.2 Å². The van der Waals surface area contributed by atoms with Gasteiger partial charge in [-0.25, -0.2) is 4.79 Å². The van der Waals surface area contributed by atoms with Crippen LogP contribution in [-0.2, 0) is 4.79 Å². The quantitative estimate of drug-likeness (QED) is 0.696. The van der Waals surface area contributed by atoms with Crippen molar-refractivity contribution in [3.05, 3.63) is 0 Å². The van der Waals surface area contributed by atoms with Gasteiger partial charge in [0.2, 0.25) is 0 Å². The summed E-state index contributed by atoms with van der Waals surface area (Å²) in [6.07, 6.45) is 0. The molecule has 1 aliphatic heterocycles. The van der Waals surface area contributed by atoms with Crippen LogP contribution in [0.3, 0.4) is 0 Å². The molecule has 0 spiro atoms. The number of carboxylic acid groups (broad SMARTS) is 1. The maximum Gasteiger partial charge on any atom is 0.319 e. The van der Waals surface area contributed by atoms with E-state index in [1.54, 1.807) is 7.05 Å². The molecular formula is C10H18N2O4. The van der Waals surface area contributed by atoms with Crippen LogP contribution in [0, 0.1) is 11.8 Å². The summed E-state index contributed by atoms with van der Waals surface area (Å²) in [5, 5.41) is 17.6. The second-order valence-corrected chi connectivity index (χ2v) is 4.25. The Bertz CT molecular complexity index is 282. The summed E-state index contributed by atoms with van der Waals surface area (Å²) >= 11 is 0. The predicted octanol–water partition coefficient (Wildman–Crippen LogP) is -0.317. The summed E-state index contributed by atoms with van der Waals surface area (Å²) in [6, 6.07) is -0.218. The van der Waals surface area contributed by atoms with E-state index in [1.165, 1.54) is 9.80 Å². The fourth-order valence-electron chi connectivity index (χ4n) is 1.93. The number of hydrogen-bond acceptors (Lipinski definition) is 3. The molecule has 92 valence electrons. The Labute approximate surface area is 94.4 Å². The molecule has 1 saturated heterocycles. The Hall–Kier alpha value is -1.30. The van der Waals surface area contributed by atoms with Crippen LogP contribution in [0.4, 0.5) is 4.79 Å². The number of aliphatic hydroxyl groups excluding tert-OH is 1. The standard InChI is InChI=1S/C10H18N2O4/c1-7-5-12(6-8(7)9(14)15)10(16)11(2)3-4-13/h7-8,13H,3-6H2,1-2H3,(H,14,15). The van der Waals surface area contributed by atoms with Crippen molar-refractivity contribution in [2.45, 2.75) is 6.92 Å². The minimum atomic E-state index is -0.854. The van der Waals surface area contributed by atoms with Gasteiger partial charge in [0.15, 0.2) is 0 Å². The van der Waals surface area contributed by atoms with E-state index in [0.29, 0.717) is 6.54 Å². The molecule has 0 aromatic carbocycles. The lowest BCUT2D eigenvalue weighted by molar-refractivity contribution is -0.142. The first-order valence-corrected chi connectivity index (χ1v) is 5.31. The summed E-state index contributed by atoms with van der Waals surface area (Å²) in [5.41, 5.74) is 0. The van der Waals surface area contributed by atoms with Crippen molar-refractivity contribution in [1.29, 1.82) is 0 Å². The molecule has 16 heavy (non-hydrogen) atoms. The molecule has 0 aromatic heterocycles. The van der Waals surface area contributed by atoms with Gasteiger partial charge in [0, 0.05) is 26.7 Å². The van der Waals surface area contributed by atoms with Crippen molar-refractivity contribution in [3.8, 4) is 0 Å². The van der Waals surface area contributed by atoms with Gasteiger partial charge in [0.05, 0.1) is 12.5 Å². The van der Waals surface area contributed by atoms with E-state index in [9.17, 15) is 9.59 Å². The van der Waals surface area contributed by atoms with Crippen molar-refractivity contribution in [2.75, 3.05) is 33.3 Å². The topological polar surface area (TPSA) is 81.1 Å². The number of carbonyl (C=O) groups excluding carboxylic acids is 1. The van der Waals surface area contributed by atoms with Gasteiger partial charge in [-0.05, 0) is 5.92 Å². The molecular weight excluding hydrogens is 212 g/mol. The number of hydrogen-bond donors (Lipinski definition) is 2. The highest BCUT2D eigenvalue weighted by Crippen LogP contribution is 2.23. The fourth-order valence-corrected chi connectivity index (χ4v) is 1.93. The molecule has 0 saturated carbocycles. The lowest BCUT2D eigenvalue weighted by Gasteiger charge is -2.23. The number of carbonyl (C=O) groups is 2. The predicted molar refractivity (Wildman–Crippen MR) is 57.0 cm³/mol. The first-order chi connectivity index (χ1) is 7.47. The average molecular weight is 230 g/mol. The Kier molecular flexibility index (Phi) is 4.12. The van der Waals surface area contributed by atoms with Gasteiger partial charge >= 0.3 is 12.0 Å². The van der Waals surface area contributed by atoms with Crippen LogP contribution in [0.5, 0.6) is 0 Å². The highest BCUT2D eigenvalue weighted by Gasteiger charge is 2.37. The molecule has 1 aliphatic rings. The lowest BCUT2D eigenvalue weighted by Crippen LogP contribution is -2.41. The number of nitrogens with zero attached hydrogens (tertiary/aromatic N) is 2. The fraction of sp³-hybridized carbons (Fsp3) is 0.800. The minimum Gasteiger partial charge on any atom is -0.481 e. The van der Waals surface area contributed by atoms with E-state index in [1.807, 2.05) is 6.92 Å². The highest BCUT2D eigenvalue weighted by atomic mass is 16.4. The van der Waals surface area contributed by atoms with E-state index in [2.05, 4.69) is 0 Å². The molecule has 1 heterocycles. The summed E-state index contributed by atoms with van der Waals surface area (Å²) in [7, 11) is 1.59. The molecule has 6 nitrogen and oxygen atoms in total. The second-order valence-electron chi connectivity index (χ2n) is 4.25. The van der Waals surface area contributed by atoms with Gasteiger partial charge in [0.25, 0.3) is 0 Å². The zero-order valence-corrected chi connectivity index (χ0v) is 9.59. The number of rotatable bonds is 3. The van der Waals surface area contributed by atoms with Crippen molar-refractivity contribution >= 4 is 12.0 Å². The number of urea groups is 1. The van der Waals surface area contributed by atoms with E-state index >= 15 is 0 Å². The third-order valence-corrected chi connectivity index (χ3v) is 2.96. The summed E-state index contributed by atoms with van der Waals surface area (Å²) < 4.78 is 0. The number of likely N-dealkylation sites (N-methyl/N-ethyl adjacent to an activating group) is 1. The van der Waals surface area contributed by atoms with Gasteiger partial charge in [-0.2, -0.15) is 0 Å². The molecule has 1 fully saturated rings. The molecule has 2 amide bonds. The molecule has 0 aromatic rings. The molecule has 1 rings (SSSR count). The van der Waals surface area contributed by atoms with E-state index < -0.39 is 11.9 Å². The maximum absolute atomic E-state index is 11.8. The third kappa shape index (κ3) is 2.63. The smallest absolute Gasteiger partial charge is 0.319 e. The average Bonchev–Trinajstić information content (AvgIpc) is 2.59. The Balaban J connectivity index is 2.58. The van der Waals surface area contributed by atoms with Crippen LogP contribution in [0.15, 0.2) is 0 Å². The molecule has 2 N–H and O–H groups in total. The molecule has 2 atom stereocenters. The number of amides is 2. The number of aliphatic hydroxyl groups is 1. The lowest BCUT2D eigenvalue weighted by atomic mass is 9.99. The summed E-state index contributed by atoms with van der Waals surface area (Å²) in [4.78, 5) is 25.6. The van der Waals surface area contributed by atoms with Crippen LogP contribution in [0.2, 0.25) is 0 Å². The first-order valence-electron chi connectivity index (χ1n) is 5.31. The molecule has 2 unspecified atom stereocenters. The number of likely N-dealkylation sites (tertiary alicyclic amines) is 1. The molecule has 0 bridgehead atoms. The van der Waals surface area contributed by atoms with Crippen LogP contribution < -0.4 is 0 Å². The monoisotopic (exact) mass is 230 g/mol. The van der Waals surface area contributed by atoms with Crippen LogP contribution in [0.1, 0.15) is 6.92 Å². The summed E-state index contributed by atoms with van der Waals surface area (Å²) in [6.45, 7) is 2.73. The van der Waals surface area contributed by atoms with Gasteiger partial charge < -0.3 is 20.0 Å².